The van der Waals surface area contributed by atoms with E-state index in [1.165, 1.54) is 0 Å². The van der Waals surface area contributed by atoms with Crippen LogP contribution in [0.25, 0.3) is 0 Å². The van der Waals surface area contributed by atoms with Gasteiger partial charge >= 0.3 is 41.8 Å². The molecular weight excluding hydrogens is 413 g/mol. The van der Waals surface area contributed by atoms with Gasteiger partial charge in [-0.2, -0.15) is 57.1 Å². The summed E-state index contributed by atoms with van der Waals surface area (Å²) in [6, 6.07) is -2.11. The second kappa shape index (κ2) is 6.60. The van der Waals surface area contributed by atoms with Crippen molar-refractivity contribution in [2.75, 3.05) is 0 Å². The van der Waals surface area contributed by atoms with Crippen LogP contribution in [0.2, 0.25) is 0 Å². The maximum absolute atomic E-state index is 13.2. The van der Waals surface area contributed by atoms with E-state index in [2.05, 4.69) is 5.73 Å². The number of carboxylic acid groups (broad SMARTS) is 1. The van der Waals surface area contributed by atoms with E-state index in [9.17, 15) is 61.9 Å². The predicted molar refractivity (Wildman–Crippen MR) is 54.3 cm³/mol. The minimum Gasteiger partial charge on any atom is -0.477 e. The Labute approximate surface area is 134 Å². The smallest absolute Gasteiger partial charge is 0.460 e. The Morgan fingerprint density at radius 2 is 1.08 bits per heavy atom. The Bertz CT molecular complexity index is 528. The zero-order chi connectivity index (χ0) is 21.6. The number of halogens is 13. The molecule has 0 spiro atoms. The van der Waals surface area contributed by atoms with Gasteiger partial charge in [-0.1, -0.05) is 0 Å². The number of alkyl halides is 13. The fourth-order valence-corrected chi connectivity index (χ4v) is 1.44. The lowest BCUT2D eigenvalue weighted by Crippen LogP contribution is -2.70. The lowest BCUT2D eigenvalue weighted by atomic mass is 9.91. The Balaban J connectivity index is 5.96. The Kier molecular flexibility index (Phi) is 6.22. The summed E-state index contributed by atoms with van der Waals surface area (Å²) in [6.07, 6.45) is -11.6. The zero-order valence-electron chi connectivity index (χ0n) is 12.0. The molecule has 156 valence electrons. The molecule has 0 rings (SSSR count). The topological polar surface area (TPSA) is 64.9 Å². The molecule has 0 heterocycles. The Hall–Kier alpha value is -1.48. The standard InChI is InChI=1S/C10H8F13NO2/c11-5(12,2-1-3(24)4(25)26)6(13,14)7(15,16)8(17,18)9(19,20)10(21,22)23/h3H,1-2,24H2,(H,25,26)/p+1. The highest BCUT2D eigenvalue weighted by Gasteiger charge is 2.90. The number of aliphatic carboxylic acids is 1. The van der Waals surface area contributed by atoms with Crippen LogP contribution in [0.5, 0.6) is 0 Å². The summed E-state index contributed by atoms with van der Waals surface area (Å²) >= 11 is 0. The SMILES string of the molecule is [NH3+]C(CCC(F)(F)C(F)(F)C(F)(F)C(F)(F)C(F)(F)C(F)(F)F)C(=O)O. The predicted octanol–water partition coefficient (Wildman–Crippen LogP) is 3.20. The van der Waals surface area contributed by atoms with Crippen molar-refractivity contribution in [1.82, 2.24) is 0 Å². The molecule has 16 heteroatoms. The van der Waals surface area contributed by atoms with Crippen LogP contribution < -0.4 is 5.73 Å². The van der Waals surface area contributed by atoms with E-state index < -0.39 is 60.6 Å². The van der Waals surface area contributed by atoms with Crippen LogP contribution in [0.15, 0.2) is 0 Å². The van der Waals surface area contributed by atoms with Crippen LogP contribution in [0.4, 0.5) is 57.1 Å². The first-order chi connectivity index (χ1) is 11.1. The van der Waals surface area contributed by atoms with Gasteiger partial charge in [-0.05, 0) is 0 Å². The molecular formula is C10H9F13NO2+. The van der Waals surface area contributed by atoms with Crippen LogP contribution in [0.3, 0.4) is 0 Å². The largest absolute Gasteiger partial charge is 0.477 e. The number of carbonyl (C=O) groups is 1. The minimum absolute atomic E-state index is 1.60. The number of rotatable bonds is 8. The van der Waals surface area contributed by atoms with Crippen molar-refractivity contribution in [3.63, 3.8) is 0 Å². The van der Waals surface area contributed by atoms with Crippen LogP contribution >= 0.6 is 0 Å². The third-order valence-electron chi connectivity index (χ3n) is 3.15. The van der Waals surface area contributed by atoms with Gasteiger partial charge in [0.25, 0.3) is 0 Å². The second-order valence-corrected chi connectivity index (χ2v) is 5.07. The van der Waals surface area contributed by atoms with E-state index in [1.807, 2.05) is 0 Å². The fraction of sp³-hybridized carbons (Fsp3) is 0.900. The third-order valence-corrected chi connectivity index (χ3v) is 3.15. The number of carboxylic acids is 1. The molecule has 26 heavy (non-hydrogen) atoms. The Morgan fingerprint density at radius 3 is 1.38 bits per heavy atom. The molecule has 0 aliphatic rings. The number of hydrogen-bond acceptors (Lipinski definition) is 1. The van der Waals surface area contributed by atoms with Gasteiger partial charge in [-0.15, -0.1) is 0 Å². The molecule has 0 bridgehead atoms. The molecule has 1 atom stereocenters. The second-order valence-electron chi connectivity index (χ2n) is 5.07. The average Bonchev–Trinajstić information content (AvgIpc) is 2.42. The van der Waals surface area contributed by atoms with Crippen molar-refractivity contribution < 1.29 is 72.7 Å². The average molecular weight is 422 g/mol. The molecule has 1 unspecified atom stereocenters. The maximum Gasteiger partial charge on any atom is 0.460 e. The van der Waals surface area contributed by atoms with Crippen molar-refractivity contribution in [2.24, 2.45) is 0 Å². The van der Waals surface area contributed by atoms with Gasteiger partial charge in [-0.3, -0.25) is 0 Å². The molecule has 0 saturated carbocycles. The van der Waals surface area contributed by atoms with Gasteiger partial charge in [0.05, 0.1) is 0 Å². The molecule has 0 fully saturated rings. The molecule has 0 aromatic carbocycles. The highest BCUT2D eigenvalue weighted by atomic mass is 19.4. The normalized spacial score (nSPS) is 16.5. The van der Waals surface area contributed by atoms with E-state index in [0.717, 1.165) is 0 Å². The van der Waals surface area contributed by atoms with Crippen LogP contribution in [-0.4, -0.2) is 52.9 Å². The third kappa shape index (κ3) is 3.64. The summed E-state index contributed by atoms with van der Waals surface area (Å²) in [5.74, 6) is -39.2. The highest BCUT2D eigenvalue weighted by Crippen LogP contribution is 2.60. The van der Waals surface area contributed by atoms with Crippen molar-refractivity contribution in [1.29, 1.82) is 0 Å². The monoisotopic (exact) mass is 422 g/mol. The van der Waals surface area contributed by atoms with Gasteiger partial charge in [0.1, 0.15) is 0 Å². The molecule has 0 aliphatic carbocycles. The number of quaternary nitrogens is 1. The fourth-order valence-electron chi connectivity index (χ4n) is 1.44. The lowest BCUT2D eigenvalue weighted by Gasteiger charge is -2.39. The van der Waals surface area contributed by atoms with Gasteiger partial charge in [0, 0.05) is 12.8 Å². The summed E-state index contributed by atoms with van der Waals surface area (Å²) in [4.78, 5) is 10.3. The molecule has 0 aliphatic heterocycles. The molecule has 3 nitrogen and oxygen atoms in total. The van der Waals surface area contributed by atoms with Crippen molar-refractivity contribution in [3.8, 4) is 0 Å². The van der Waals surface area contributed by atoms with Crippen molar-refractivity contribution in [3.05, 3.63) is 0 Å². The van der Waals surface area contributed by atoms with E-state index in [0.29, 0.717) is 0 Å². The quantitative estimate of drug-likeness (QED) is 0.591. The minimum atomic E-state index is -7.96. The summed E-state index contributed by atoms with van der Waals surface area (Å²) < 4.78 is 165. The zero-order valence-corrected chi connectivity index (χ0v) is 12.0. The van der Waals surface area contributed by atoms with Crippen molar-refractivity contribution >= 4 is 5.97 Å². The lowest BCUT2D eigenvalue weighted by molar-refractivity contribution is -0.442. The molecule has 0 aromatic heterocycles. The molecule has 0 saturated heterocycles. The highest BCUT2D eigenvalue weighted by molar-refractivity contribution is 5.71. The first-order valence-corrected chi connectivity index (χ1v) is 6.09. The van der Waals surface area contributed by atoms with Crippen LogP contribution in [-0.2, 0) is 4.79 Å². The van der Waals surface area contributed by atoms with Crippen LogP contribution in [0, 0.1) is 0 Å². The maximum atomic E-state index is 13.2. The summed E-state index contributed by atoms with van der Waals surface area (Å²) in [5, 5.41) is 8.28. The number of hydrogen-bond donors (Lipinski definition) is 2. The van der Waals surface area contributed by atoms with Gasteiger partial charge in [0.15, 0.2) is 6.04 Å². The van der Waals surface area contributed by atoms with Crippen molar-refractivity contribution in [2.45, 2.75) is 54.7 Å². The summed E-state index contributed by atoms with van der Waals surface area (Å²) in [7, 11) is 0. The van der Waals surface area contributed by atoms with Gasteiger partial charge < -0.3 is 10.8 Å². The van der Waals surface area contributed by atoms with E-state index in [-0.39, 0.29) is 0 Å². The summed E-state index contributed by atoms with van der Waals surface area (Å²) in [5.41, 5.74) is 2.62. The Morgan fingerprint density at radius 1 is 0.731 bits per heavy atom. The first kappa shape index (κ1) is 24.5. The molecule has 0 aromatic rings. The summed E-state index contributed by atoms with van der Waals surface area (Å²) in [6.45, 7) is 0. The van der Waals surface area contributed by atoms with E-state index in [4.69, 9.17) is 5.11 Å². The van der Waals surface area contributed by atoms with E-state index in [1.54, 1.807) is 0 Å². The molecule has 0 radical (unpaired) electrons. The van der Waals surface area contributed by atoms with Crippen LogP contribution in [0.1, 0.15) is 12.8 Å². The first-order valence-electron chi connectivity index (χ1n) is 6.09. The van der Waals surface area contributed by atoms with Gasteiger partial charge in [0.2, 0.25) is 0 Å². The molecule has 0 amide bonds. The van der Waals surface area contributed by atoms with Gasteiger partial charge in [-0.25, -0.2) is 4.79 Å². The molecule has 4 N–H and O–H groups in total. The van der Waals surface area contributed by atoms with E-state index >= 15 is 0 Å².